The number of halogens is 4. The Hall–Kier alpha value is -3.07. The first-order chi connectivity index (χ1) is 13.9. The van der Waals surface area contributed by atoms with Crippen LogP contribution in [0.5, 0.6) is 5.75 Å². The number of hydrogen-bond donors (Lipinski definition) is 4. The summed E-state index contributed by atoms with van der Waals surface area (Å²) >= 11 is 0. The molecule has 0 radical (unpaired) electrons. The normalized spacial score (nSPS) is 16.3. The quantitative estimate of drug-likeness (QED) is 0.429. The summed E-state index contributed by atoms with van der Waals surface area (Å²) in [7, 11) is 0. The molecule has 1 aliphatic heterocycles. The fourth-order valence-corrected chi connectivity index (χ4v) is 3.50. The van der Waals surface area contributed by atoms with E-state index >= 15 is 0 Å². The van der Waals surface area contributed by atoms with Gasteiger partial charge >= 0.3 is 6.18 Å². The van der Waals surface area contributed by atoms with Gasteiger partial charge in [0.25, 0.3) is 5.91 Å². The Morgan fingerprint density at radius 3 is 2.57 bits per heavy atom. The molecule has 5 nitrogen and oxygen atoms in total. The summed E-state index contributed by atoms with van der Waals surface area (Å²) in [4.78, 5) is 11.9. The molecule has 0 spiro atoms. The minimum absolute atomic E-state index is 0.0757. The van der Waals surface area contributed by atoms with E-state index in [2.05, 4.69) is 10.6 Å². The number of hydrogen-bond acceptors (Lipinski definition) is 4. The lowest BCUT2D eigenvalue weighted by molar-refractivity contribution is -0.246. The van der Waals surface area contributed by atoms with Gasteiger partial charge in [-0.3, -0.25) is 4.79 Å². The van der Waals surface area contributed by atoms with Gasteiger partial charge in [-0.1, -0.05) is 11.6 Å². The van der Waals surface area contributed by atoms with Crippen LogP contribution in [0.2, 0.25) is 0 Å². The smallest absolute Gasteiger partial charge is 0.423 e. The van der Waals surface area contributed by atoms with Crippen molar-refractivity contribution in [1.82, 2.24) is 5.32 Å². The van der Waals surface area contributed by atoms with Crippen molar-refractivity contribution in [3.8, 4) is 5.75 Å². The highest BCUT2D eigenvalue weighted by atomic mass is 19.4. The van der Waals surface area contributed by atoms with Gasteiger partial charge < -0.3 is 20.8 Å². The molecule has 1 heterocycles. The number of benzene rings is 2. The molecule has 9 heteroatoms. The van der Waals surface area contributed by atoms with Gasteiger partial charge in [0.1, 0.15) is 11.6 Å². The van der Waals surface area contributed by atoms with Gasteiger partial charge in [0.15, 0.2) is 0 Å². The van der Waals surface area contributed by atoms with Crippen molar-refractivity contribution in [2.45, 2.75) is 38.2 Å². The van der Waals surface area contributed by atoms with E-state index in [4.69, 9.17) is 0 Å². The van der Waals surface area contributed by atoms with Crippen molar-refractivity contribution in [1.29, 1.82) is 0 Å². The molecule has 0 saturated heterocycles. The molecule has 2 aromatic carbocycles. The summed E-state index contributed by atoms with van der Waals surface area (Å²) in [5.74, 6) is -1.89. The number of anilines is 1. The summed E-state index contributed by atoms with van der Waals surface area (Å²) in [6, 6.07) is 4.97. The zero-order chi connectivity index (χ0) is 22.3. The fraction of sp³-hybridized carbons (Fsp3) is 0.286. The molecule has 0 aliphatic carbocycles. The maximum absolute atomic E-state index is 14.1. The monoisotopic (exact) mass is 424 g/mol. The number of phenolic OH excluding ortho intramolecular Hbond substituents is 1. The fourth-order valence-electron chi connectivity index (χ4n) is 3.50. The lowest BCUT2D eigenvalue weighted by atomic mass is 9.85. The molecule has 3 rings (SSSR count). The van der Waals surface area contributed by atoms with E-state index in [1.54, 1.807) is 0 Å². The summed E-state index contributed by atoms with van der Waals surface area (Å²) in [6.07, 6.45) is -4.56. The highest BCUT2D eigenvalue weighted by molar-refractivity contribution is 6.00. The summed E-state index contributed by atoms with van der Waals surface area (Å²) < 4.78 is 56.2. The van der Waals surface area contributed by atoms with Gasteiger partial charge in [0.05, 0.1) is 6.04 Å². The minimum Gasteiger partial charge on any atom is -0.508 e. The number of nitrogens with one attached hydrogen (secondary N) is 2. The van der Waals surface area contributed by atoms with Gasteiger partial charge in [-0.25, -0.2) is 4.39 Å². The number of rotatable bonds is 5. The van der Waals surface area contributed by atoms with E-state index < -0.39 is 34.9 Å². The predicted octanol–water partition coefficient (Wildman–Crippen LogP) is 4.19. The predicted molar refractivity (Wildman–Crippen MR) is 102 cm³/mol. The van der Waals surface area contributed by atoms with Crippen molar-refractivity contribution < 1.29 is 32.6 Å². The van der Waals surface area contributed by atoms with Gasteiger partial charge in [-0.2, -0.15) is 13.2 Å². The summed E-state index contributed by atoms with van der Waals surface area (Å²) in [6.45, 7) is 2.83. The van der Waals surface area contributed by atoms with Gasteiger partial charge in [0, 0.05) is 28.9 Å². The Kier molecular flexibility index (Phi) is 5.51. The molecule has 2 aromatic rings. The number of carbonyl (C=O) groups excluding carboxylic acids is 1. The molecule has 4 N–H and O–H groups in total. The van der Waals surface area contributed by atoms with Crippen molar-refractivity contribution in [3.63, 3.8) is 0 Å². The van der Waals surface area contributed by atoms with Crippen LogP contribution >= 0.6 is 0 Å². The van der Waals surface area contributed by atoms with Crippen molar-refractivity contribution >= 4 is 11.6 Å². The van der Waals surface area contributed by atoms with Crippen LogP contribution in [0.4, 0.5) is 23.2 Å². The third-order valence-corrected chi connectivity index (χ3v) is 4.85. The lowest BCUT2D eigenvalue weighted by Crippen LogP contribution is -2.51. The molecule has 0 saturated carbocycles. The summed E-state index contributed by atoms with van der Waals surface area (Å²) in [5.41, 5.74) is -2.99. The van der Waals surface area contributed by atoms with E-state index in [1.165, 1.54) is 32.0 Å². The second-order valence-electron chi connectivity index (χ2n) is 7.34. The first-order valence-electron chi connectivity index (χ1n) is 9.04. The third-order valence-electron chi connectivity index (χ3n) is 4.85. The first kappa shape index (κ1) is 21.6. The molecular formula is C21H20F4N2O3. The SMILES string of the molecule is CC(C)=CC(O)(C(Nc1cccc2c1CNC2=O)c1cc(F)ccc1O)C(F)(F)F. The van der Waals surface area contributed by atoms with E-state index in [9.17, 15) is 32.6 Å². The van der Waals surface area contributed by atoms with E-state index in [0.717, 1.165) is 18.2 Å². The van der Waals surface area contributed by atoms with Crippen LogP contribution in [0.25, 0.3) is 0 Å². The van der Waals surface area contributed by atoms with Crippen LogP contribution in [-0.2, 0) is 6.54 Å². The molecule has 0 fully saturated rings. The number of alkyl halides is 3. The van der Waals surface area contributed by atoms with Crippen molar-refractivity contribution in [2.24, 2.45) is 0 Å². The van der Waals surface area contributed by atoms with Crippen molar-refractivity contribution in [2.75, 3.05) is 5.32 Å². The zero-order valence-electron chi connectivity index (χ0n) is 16.1. The molecule has 2 atom stereocenters. The minimum atomic E-state index is -5.17. The van der Waals surface area contributed by atoms with E-state index in [1.807, 2.05) is 0 Å². The molecule has 1 aliphatic rings. The van der Waals surface area contributed by atoms with Crippen LogP contribution in [0.15, 0.2) is 48.0 Å². The highest BCUT2D eigenvalue weighted by Gasteiger charge is 2.58. The number of carbonyl (C=O) groups is 1. The standard InChI is InChI=1S/C21H20F4N2O3/c1-11(2)9-20(30,21(23,24)25)18(14-8-12(22)6-7-17(14)28)27-16-5-3-4-13-15(16)10-26-19(13)29/h3-9,18,27-28,30H,10H2,1-2H3,(H,26,29). The van der Waals surface area contributed by atoms with E-state index in [-0.39, 0.29) is 29.3 Å². The largest absolute Gasteiger partial charge is 0.508 e. The molecule has 1 amide bonds. The number of aromatic hydroxyl groups is 1. The average Bonchev–Trinajstić information content (AvgIpc) is 3.02. The Morgan fingerprint density at radius 2 is 1.93 bits per heavy atom. The summed E-state index contributed by atoms with van der Waals surface area (Å²) in [5, 5.41) is 26.2. The number of fused-ring (bicyclic) bond motifs is 1. The second kappa shape index (κ2) is 7.64. The van der Waals surface area contributed by atoms with Gasteiger partial charge in [-0.05, 0) is 50.3 Å². The topological polar surface area (TPSA) is 81.6 Å². The molecule has 160 valence electrons. The highest BCUT2D eigenvalue weighted by Crippen LogP contribution is 2.46. The van der Waals surface area contributed by atoms with Crippen molar-refractivity contribution in [3.05, 3.63) is 70.6 Å². The zero-order valence-corrected chi connectivity index (χ0v) is 16.1. The molecular weight excluding hydrogens is 404 g/mol. The maximum atomic E-state index is 14.1. The third kappa shape index (κ3) is 3.85. The average molecular weight is 424 g/mol. The maximum Gasteiger partial charge on any atom is 0.423 e. The lowest BCUT2D eigenvalue weighted by Gasteiger charge is -2.37. The molecule has 0 aromatic heterocycles. The number of phenols is 1. The van der Waals surface area contributed by atoms with E-state index in [0.29, 0.717) is 11.6 Å². The number of allylic oxidation sites excluding steroid dienone is 1. The van der Waals surface area contributed by atoms with Gasteiger partial charge in [-0.15, -0.1) is 0 Å². The molecule has 0 bridgehead atoms. The Bertz CT molecular complexity index is 1020. The van der Waals surface area contributed by atoms with Crippen LogP contribution in [-0.4, -0.2) is 27.9 Å². The Morgan fingerprint density at radius 1 is 1.23 bits per heavy atom. The first-order valence-corrected chi connectivity index (χ1v) is 9.04. The number of aliphatic hydroxyl groups is 1. The Balaban J connectivity index is 2.23. The molecule has 30 heavy (non-hydrogen) atoms. The van der Waals surface area contributed by atoms with Crippen LogP contribution in [0.3, 0.4) is 0 Å². The Labute approximate surface area is 170 Å². The molecule has 2 unspecified atom stereocenters. The van der Waals surface area contributed by atoms with Gasteiger partial charge in [0.2, 0.25) is 5.60 Å². The number of amides is 1. The van der Waals surface area contributed by atoms with Crippen LogP contribution in [0, 0.1) is 5.82 Å². The van der Waals surface area contributed by atoms with Crippen LogP contribution in [0.1, 0.15) is 41.4 Å². The second-order valence-corrected chi connectivity index (χ2v) is 7.34. The van der Waals surface area contributed by atoms with Crippen LogP contribution < -0.4 is 10.6 Å².